The Morgan fingerprint density at radius 3 is 2.39 bits per heavy atom. The summed E-state index contributed by atoms with van der Waals surface area (Å²) in [6.45, 7) is 1.46. The molecule has 2 aliphatic rings. The number of carbonyl (C=O) groups excluding carboxylic acids is 1. The van der Waals surface area contributed by atoms with Gasteiger partial charge < -0.3 is 9.64 Å². The van der Waals surface area contributed by atoms with E-state index < -0.39 is 10.0 Å². The van der Waals surface area contributed by atoms with E-state index >= 15 is 0 Å². The second-order valence-corrected chi connectivity index (χ2v) is 8.11. The highest BCUT2D eigenvalue weighted by atomic mass is 35.5. The highest BCUT2D eigenvalue weighted by Crippen LogP contribution is 2.32. The van der Waals surface area contributed by atoms with Crippen LogP contribution in [0.4, 0.5) is 0 Å². The highest BCUT2D eigenvalue weighted by Gasteiger charge is 2.37. The van der Waals surface area contributed by atoms with Gasteiger partial charge in [0.05, 0.1) is 12.1 Å². The molecular formula is C15H19ClN2O4S. The van der Waals surface area contributed by atoms with Gasteiger partial charge in [-0.15, -0.1) is 0 Å². The molecule has 0 spiro atoms. The summed E-state index contributed by atoms with van der Waals surface area (Å²) in [5, 5.41) is 0.140. The molecule has 0 unspecified atom stereocenters. The van der Waals surface area contributed by atoms with Crippen molar-refractivity contribution in [2.45, 2.75) is 17.7 Å². The first-order valence-electron chi connectivity index (χ1n) is 7.56. The van der Waals surface area contributed by atoms with Crippen molar-refractivity contribution in [1.82, 2.24) is 9.21 Å². The summed E-state index contributed by atoms with van der Waals surface area (Å²) in [5.74, 6) is 0.826. The van der Waals surface area contributed by atoms with E-state index in [0.29, 0.717) is 31.9 Å². The largest absolute Gasteiger partial charge is 0.497 e. The Kier molecular flexibility index (Phi) is 4.53. The fourth-order valence-electron chi connectivity index (χ4n) is 2.69. The lowest BCUT2D eigenvalue weighted by molar-refractivity contribution is -0.133. The van der Waals surface area contributed by atoms with Crippen molar-refractivity contribution in [1.29, 1.82) is 0 Å². The van der Waals surface area contributed by atoms with E-state index in [2.05, 4.69) is 0 Å². The third-order valence-corrected chi connectivity index (χ3v) is 6.62. The number of piperazine rings is 1. The van der Waals surface area contributed by atoms with Crippen LogP contribution >= 0.6 is 11.6 Å². The van der Waals surface area contributed by atoms with Crippen molar-refractivity contribution in [3.05, 3.63) is 23.2 Å². The van der Waals surface area contributed by atoms with Crippen LogP contribution in [0.25, 0.3) is 0 Å². The molecule has 1 amide bonds. The summed E-state index contributed by atoms with van der Waals surface area (Å²) in [5.41, 5.74) is 0. The minimum Gasteiger partial charge on any atom is -0.497 e. The van der Waals surface area contributed by atoms with E-state index in [1.807, 2.05) is 0 Å². The molecular weight excluding hydrogens is 340 g/mol. The fraction of sp³-hybridized carbons (Fsp3) is 0.533. The van der Waals surface area contributed by atoms with Crippen LogP contribution in [-0.2, 0) is 14.8 Å². The van der Waals surface area contributed by atoms with Crippen LogP contribution in [0.5, 0.6) is 5.75 Å². The number of benzene rings is 1. The van der Waals surface area contributed by atoms with E-state index in [4.69, 9.17) is 16.3 Å². The molecule has 1 aliphatic heterocycles. The summed E-state index contributed by atoms with van der Waals surface area (Å²) in [6.07, 6.45) is 1.91. The molecule has 1 saturated heterocycles. The number of ether oxygens (including phenoxy) is 1. The van der Waals surface area contributed by atoms with E-state index in [0.717, 1.165) is 12.8 Å². The molecule has 1 heterocycles. The average Bonchev–Trinajstić information content (AvgIpc) is 3.38. The van der Waals surface area contributed by atoms with Crippen molar-refractivity contribution >= 4 is 27.5 Å². The molecule has 2 fully saturated rings. The Morgan fingerprint density at radius 2 is 1.87 bits per heavy atom. The van der Waals surface area contributed by atoms with E-state index in [1.54, 1.807) is 11.0 Å². The first kappa shape index (κ1) is 16.5. The first-order valence-corrected chi connectivity index (χ1v) is 9.38. The van der Waals surface area contributed by atoms with Gasteiger partial charge in [0.2, 0.25) is 15.9 Å². The zero-order valence-corrected chi connectivity index (χ0v) is 14.4. The van der Waals surface area contributed by atoms with Crippen LogP contribution < -0.4 is 4.74 Å². The second-order valence-electron chi connectivity index (χ2n) is 5.80. The van der Waals surface area contributed by atoms with E-state index in [1.165, 1.54) is 23.5 Å². The molecule has 0 atom stereocenters. The van der Waals surface area contributed by atoms with Gasteiger partial charge in [0.1, 0.15) is 10.6 Å². The van der Waals surface area contributed by atoms with E-state index in [9.17, 15) is 13.2 Å². The molecule has 0 aromatic heterocycles. The standard InChI is InChI=1S/C15H19ClN2O4S/c1-22-12-4-5-14(13(16)10-12)23(20,21)18-8-6-17(7-9-18)15(19)11-2-3-11/h4-5,10-11H,2-3,6-9H2,1H3. The van der Waals surface area contributed by atoms with Gasteiger partial charge >= 0.3 is 0 Å². The monoisotopic (exact) mass is 358 g/mol. The number of nitrogens with zero attached hydrogens (tertiary/aromatic N) is 2. The quantitative estimate of drug-likeness (QED) is 0.819. The predicted octanol–water partition coefficient (Wildman–Crippen LogP) is 1.59. The van der Waals surface area contributed by atoms with Gasteiger partial charge in [0.15, 0.2) is 0 Å². The lowest BCUT2D eigenvalue weighted by Crippen LogP contribution is -2.50. The topological polar surface area (TPSA) is 66.9 Å². The maximum Gasteiger partial charge on any atom is 0.244 e. The number of rotatable bonds is 4. The van der Waals surface area contributed by atoms with Gasteiger partial charge in [0.25, 0.3) is 0 Å². The van der Waals surface area contributed by atoms with Gasteiger partial charge in [-0.25, -0.2) is 8.42 Å². The predicted molar refractivity (Wildman–Crippen MR) is 86.1 cm³/mol. The SMILES string of the molecule is COc1ccc(S(=O)(=O)N2CCN(C(=O)C3CC3)CC2)c(Cl)c1. The van der Waals surface area contributed by atoms with Gasteiger partial charge in [-0.2, -0.15) is 4.31 Å². The Hall–Kier alpha value is -1.31. The van der Waals surface area contributed by atoms with Crippen molar-refractivity contribution < 1.29 is 17.9 Å². The minimum atomic E-state index is -3.66. The summed E-state index contributed by atoms with van der Waals surface area (Å²) in [6, 6.07) is 4.52. The van der Waals surface area contributed by atoms with Crippen molar-refractivity contribution in [2.24, 2.45) is 5.92 Å². The van der Waals surface area contributed by atoms with Crippen LogP contribution in [0, 0.1) is 5.92 Å². The molecule has 0 bridgehead atoms. The molecule has 3 rings (SSSR count). The van der Waals surface area contributed by atoms with Crippen LogP contribution in [-0.4, -0.2) is 56.8 Å². The van der Waals surface area contributed by atoms with Gasteiger partial charge in [-0.1, -0.05) is 11.6 Å². The van der Waals surface area contributed by atoms with Crippen LogP contribution in [0.15, 0.2) is 23.1 Å². The number of halogens is 1. The Morgan fingerprint density at radius 1 is 1.22 bits per heavy atom. The fourth-order valence-corrected chi connectivity index (χ4v) is 4.62. The molecule has 1 aromatic carbocycles. The molecule has 1 aliphatic carbocycles. The molecule has 8 heteroatoms. The van der Waals surface area contributed by atoms with Crippen LogP contribution in [0.2, 0.25) is 5.02 Å². The maximum absolute atomic E-state index is 12.7. The number of amides is 1. The molecule has 6 nitrogen and oxygen atoms in total. The lowest BCUT2D eigenvalue weighted by atomic mass is 10.3. The molecule has 0 radical (unpaired) electrons. The number of carbonyl (C=O) groups is 1. The van der Waals surface area contributed by atoms with Gasteiger partial charge in [0, 0.05) is 38.2 Å². The third-order valence-electron chi connectivity index (χ3n) is 4.23. The van der Waals surface area contributed by atoms with Gasteiger partial charge in [-0.3, -0.25) is 4.79 Å². The van der Waals surface area contributed by atoms with Crippen molar-refractivity contribution in [3.63, 3.8) is 0 Å². The lowest BCUT2D eigenvalue weighted by Gasteiger charge is -2.34. The van der Waals surface area contributed by atoms with Crippen molar-refractivity contribution in [3.8, 4) is 5.75 Å². The number of hydrogen-bond donors (Lipinski definition) is 0. The molecule has 0 N–H and O–H groups in total. The number of hydrogen-bond acceptors (Lipinski definition) is 4. The summed E-state index contributed by atoms with van der Waals surface area (Å²) >= 11 is 6.09. The second kappa shape index (κ2) is 6.30. The Labute approximate surface area is 141 Å². The molecule has 23 heavy (non-hydrogen) atoms. The average molecular weight is 359 g/mol. The van der Waals surface area contributed by atoms with Gasteiger partial charge in [-0.05, 0) is 25.0 Å². The third kappa shape index (κ3) is 3.32. The zero-order chi connectivity index (χ0) is 16.6. The minimum absolute atomic E-state index is 0.0712. The summed E-state index contributed by atoms with van der Waals surface area (Å²) in [4.78, 5) is 13.9. The smallest absolute Gasteiger partial charge is 0.244 e. The first-order chi connectivity index (χ1) is 10.9. The van der Waals surface area contributed by atoms with E-state index in [-0.39, 0.29) is 21.7 Å². The Balaban J connectivity index is 1.72. The molecule has 1 saturated carbocycles. The molecule has 1 aromatic rings. The Bertz CT molecular complexity index is 710. The number of sulfonamides is 1. The normalized spacial score (nSPS) is 19.7. The summed E-state index contributed by atoms with van der Waals surface area (Å²) < 4.78 is 31.9. The summed E-state index contributed by atoms with van der Waals surface area (Å²) in [7, 11) is -2.17. The molecule has 126 valence electrons. The maximum atomic E-state index is 12.7. The number of methoxy groups -OCH3 is 1. The highest BCUT2D eigenvalue weighted by molar-refractivity contribution is 7.89. The van der Waals surface area contributed by atoms with Crippen LogP contribution in [0.1, 0.15) is 12.8 Å². The van der Waals surface area contributed by atoms with Crippen molar-refractivity contribution in [2.75, 3.05) is 33.3 Å². The van der Waals surface area contributed by atoms with Crippen LogP contribution in [0.3, 0.4) is 0 Å². The zero-order valence-electron chi connectivity index (χ0n) is 12.9.